The van der Waals surface area contributed by atoms with Gasteiger partial charge in [-0.25, -0.2) is 4.79 Å². The number of hydrogen-bond acceptors (Lipinski definition) is 3. The highest BCUT2D eigenvalue weighted by molar-refractivity contribution is 7.12. The van der Waals surface area contributed by atoms with Gasteiger partial charge in [0.2, 0.25) is 0 Å². The van der Waals surface area contributed by atoms with Gasteiger partial charge in [-0.3, -0.25) is 0 Å². The minimum Gasteiger partial charge on any atom is -0.478 e. The van der Waals surface area contributed by atoms with Crippen molar-refractivity contribution in [3.8, 4) is 0 Å². The third-order valence-electron chi connectivity index (χ3n) is 3.34. The van der Waals surface area contributed by atoms with Gasteiger partial charge in [0.15, 0.2) is 0 Å². The molecule has 19 heavy (non-hydrogen) atoms. The first-order chi connectivity index (χ1) is 9.24. The summed E-state index contributed by atoms with van der Waals surface area (Å²) in [6.07, 6.45) is 10.8. The molecular weight excluding hydrogens is 260 g/mol. The smallest absolute Gasteiger partial charge is 0.328 e. The molecule has 0 aliphatic heterocycles. The van der Waals surface area contributed by atoms with E-state index < -0.39 is 5.97 Å². The molecule has 104 valence electrons. The first-order valence-electron chi connectivity index (χ1n) is 6.85. The molecule has 1 saturated carbocycles. The van der Waals surface area contributed by atoms with Crippen LogP contribution in [-0.4, -0.2) is 17.2 Å². The van der Waals surface area contributed by atoms with E-state index in [4.69, 9.17) is 9.84 Å². The molecule has 1 aromatic heterocycles. The third-order valence-corrected chi connectivity index (χ3v) is 4.36. The van der Waals surface area contributed by atoms with Gasteiger partial charge in [-0.2, -0.15) is 0 Å². The van der Waals surface area contributed by atoms with Crippen molar-refractivity contribution in [2.45, 2.75) is 51.2 Å². The number of ether oxygens (including phenoxy) is 1. The zero-order valence-corrected chi connectivity index (χ0v) is 11.8. The zero-order valence-electron chi connectivity index (χ0n) is 11.0. The lowest BCUT2D eigenvalue weighted by Gasteiger charge is -2.14. The standard InChI is InChI=1S/C15H20O3S/c16-15(17)10-9-13-7-8-14(19-13)11-18-12-5-3-1-2-4-6-12/h7-10,12H,1-6,11H2,(H,16,17). The van der Waals surface area contributed by atoms with Crippen molar-refractivity contribution in [1.29, 1.82) is 0 Å². The van der Waals surface area contributed by atoms with Crippen LogP contribution in [0.5, 0.6) is 0 Å². The average Bonchev–Trinajstić information content (AvgIpc) is 2.68. The van der Waals surface area contributed by atoms with Crippen LogP contribution in [0.1, 0.15) is 48.3 Å². The van der Waals surface area contributed by atoms with Gasteiger partial charge < -0.3 is 9.84 Å². The SMILES string of the molecule is O=C(O)C=Cc1ccc(COC2CCCCCC2)s1. The summed E-state index contributed by atoms with van der Waals surface area (Å²) in [7, 11) is 0. The Bertz CT molecular complexity index is 428. The summed E-state index contributed by atoms with van der Waals surface area (Å²) in [5, 5.41) is 8.57. The van der Waals surface area contributed by atoms with Crippen LogP contribution >= 0.6 is 11.3 Å². The van der Waals surface area contributed by atoms with Gasteiger partial charge in [0.25, 0.3) is 0 Å². The van der Waals surface area contributed by atoms with Crippen LogP contribution < -0.4 is 0 Å². The molecule has 1 heterocycles. The van der Waals surface area contributed by atoms with Crippen molar-refractivity contribution in [3.05, 3.63) is 28.0 Å². The predicted molar refractivity (Wildman–Crippen MR) is 77.3 cm³/mol. The number of carboxylic acid groups (broad SMARTS) is 1. The molecule has 1 fully saturated rings. The Morgan fingerprint density at radius 2 is 2.05 bits per heavy atom. The number of carbonyl (C=O) groups is 1. The zero-order chi connectivity index (χ0) is 13.5. The number of rotatable bonds is 5. The van der Waals surface area contributed by atoms with Crippen LogP contribution in [0.3, 0.4) is 0 Å². The van der Waals surface area contributed by atoms with Gasteiger partial charge >= 0.3 is 5.97 Å². The Kier molecular flexibility index (Phi) is 5.61. The summed E-state index contributed by atoms with van der Waals surface area (Å²) in [6, 6.07) is 3.96. The van der Waals surface area contributed by atoms with Crippen LogP contribution in [0, 0.1) is 0 Å². The van der Waals surface area contributed by atoms with Crippen LogP contribution in [0.4, 0.5) is 0 Å². The van der Waals surface area contributed by atoms with Crippen molar-refractivity contribution >= 4 is 23.4 Å². The Morgan fingerprint density at radius 3 is 2.74 bits per heavy atom. The molecule has 2 rings (SSSR count). The van der Waals surface area contributed by atoms with Gasteiger partial charge in [-0.1, -0.05) is 25.7 Å². The summed E-state index contributed by atoms with van der Waals surface area (Å²) in [5.74, 6) is -0.912. The van der Waals surface area contributed by atoms with Crippen molar-refractivity contribution < 1.29 is 14.6 Å². The van der Waals surface area contributed by atoms with Crippen LogP contribution in [0.25, 0.3) is 6.08 Å². The van der Waals surface area contributed by atoms with E-state index in [2.05, 4.69) is 0 Å². The Labute approximate surface area is 117 Å². The fourth-order valence-electron chi connectivity index (χ4n) is 2.32. The van der Waals surface area contributed by atoms with Gasteiger partial charge in [0.1, 0.15) is 0 Å². The lowest BCUT2D eigenvalue weighted by atomic mass is 10.1. The molecular formula is C15H20O3S. The maximum atomic E-state index is 10.4. The number of aliphatic carboxylic acids is 1. The van der Waals surface area contributed by atoms with Gasteiger partial charge in [0, 0.05) is 15.8 Å². The first-order valence-corrected chi connectivity index (χ1v) is 7.67. The van der Waals surface area contributed by atoms with E-state index in [1.807, 2.05) is 12.1 Å². The van der Waals surface area contributed by atoms with E-state index in [0.717, 1.165) is 9.75 Å². The molecule has 0 aromatic carbocycles. The topological polar surface area (TPSA) is 46.5 Å². The molecule has 1 aromatic rings. The molecule has 0 bridgehead atoms. The highest BCUT2D eigenvalue weighted by atomic mass is 32.1. The van der Waals surface area contributed by atoms with E-state index in [0.29, 0.717) is 12.7 Å². The second-order valence-corrected chi connectivity index (χ2v) is 6.10. The van der Waals surface area contributed by atoms with Crippen LogP contribution in [-0.2, 0) is 16.1 Å². The first kappa shape index (κ1) is 14.3. The summed E-state index contributed by atoms with van der Waals surface area (Å²) in [6.45, 7) is 0.649. The second-order valence-electron chi connectivity index (χ2n) is 4.90. The maximum Gasteiger partial charge on any atom is 0.328 e. The molecule has 1 aliphatic carbocycles. The van der Waals surface area contributed by atoms with Crippen molar-refractivity contribution in [1.82, 2.24) is 0 Å². The highest BCUT2D eigenvalue weighted by Gasteiger charge is 2.12. The Morgan fingerprint density at radius 1 is 1.32 bits per heavy atom. The number of hydrogen-bond donors (Lipinski definition) is 1. The highest BCUT2D eigenvalue weighted by Crippen LogP contribution is 2.23. The fraction of sp³-hybridized carbons (Fsp3) is 0.533. The van der Waals surface area contributed by atoms with E-state index in [-0.39, 0.29) is 0 Å². The van der Waals surface area contributed by atoms with Crippen molar-refractivity contribution in [2.24, 2.45) is 0 Å². The van der Waals surface area contributed by atoms with E-state index in [1.54, 1.807) is 17.4 Å². The van der Waals surface area contributed by atoms with Gasteiger partial charge in [0.05, 0.1) is 12.7 Å². The number of carboxylic acids is 1. The molecule has 4 heteroatoms. The van der Waals surface area contributed by atoms with Gasteiger partial charge in [-0.15, -0.1) is 11.3 Å². The number of thiophene rings is 1. The van der Waals surface area contributed by atoms with E-state index in [1.165, 1.54) is 44.6 Å². The van der Waals surface area contributed by atoms with Crippen molar-refractivity contribution in [3.63, 3.8) is 0 Å². The third kappa shape index (κ3) is 5.17. The summed E-state index contributed by atoms with van der Waals surface area (Å²) < 4.78 is 5.96. The Balaban J connectivity index is 1.80. The molecule has 3 nitrogen and oxygen atoms in total. The summed E-state index contributed by atoms with van der Waals surface area (Å²) in [5.41, 5.74) is 0. The summed E-state index contributed by atoms with van der Waals surface area (Å²) >= 11 is 1.59. The molecule has 0 radical (unpaired) electrons. The normalized spacial score (nSPS) is 17.7. The van der Waals surface area contributed by atoms with Gasteiger partial charge in [-0.05, 0) is 31.1 Å². The van der Waals surface area contributed by atoms with Crippen LogP contribution in [0.2, 0.25) is 0 Å². The van der Waals surface area contributed by atoms with Crippen molar-refractivity contribution in [2.75, 3.05) is 0 Å². The molecule has 0 saturated heterocycles. The molecule has 1 aliphatic rings. The fourth-order valence-corrected chi connectivity index (χ4v) is 3.16. The van der Waals surface area contributed by atoms with E-state index >= 15 is 0 Å². The second kappa shape index (κ2) is 7.46. The molecule has 1 N–H and O–H groups in total. The molecule has 0 spiro atoms. The lowest BCUT2D eigenvalue weighted by Crippen LogP contribution is -2.10. The summed E-state index contributed by atoms with van der Waals surface area (Å²) in [4.78, 5) is 12.6. The predicted octanol–water partition coefficient (Wildman–Crippen LogP) is 4.09. The quantitative estimate of drug-likeness (QED) is 0.653. The Hall–Kier alpha value is -1.13. The molecule has 0 atom stereocenters. The monoisotopic (exact) mass is 280 g/mol. The maximum absolute atomic E-state index is 10.4. The average molecular weight is 280 g/mol. The minimum absolute atomic E-state index is 0.405. The minimum atomic E-state index is -0.912. The lowest BCUT2D eigenvalue weighted by molar-refractivity contribution is -0.131. The molecule has 0 amide bonds. The van der Waals surface area contributed by atoms with E-state index in [9.17, 15) is 4.79 Å². The van der Waals surface area contributed by atoms with Crippen LogP contribution in [0.15, 0.2) is 18.2 Å². The largest absolute Gasteiger partial charge is 0.478 e. The molecule has 0 unspecified atom stereocenters.